The standard InChI is InChI=1S/C16H21FN4OS/c1-11-15(19-16(23)18-8-9-22-3)12(2)21(20-11)10-13-4-6-14(17)7-5-13/h4-7H,8-10H2,1-3H3,(H2,18,19,23). The first-order chi connectivity index (χ1) is 11.0. The zero-order valence-electron chi connectivity index (χ0n) is 13.5. The molecule has 0 bridgehead atoms. The topological polar surface area (TPSA) is 51.1 Å². The van der Waals surface area contributed by atoms with Gasteiger partial charge < -0.3 is 15.4 Å². The Kier molecular flexibility index (Phi) is 6.06. The van der Waals surface area contributed by atoms with Crippen LogP contribution in [0.15, 0.2) is 24.3 Å². The molecule has 7 heteroatoms. The Bertz CT molecular complexity index is 669. The van der Waals surface area contributed by atoms with Gasteiger partial charge >= 0.3 is 0 Å². The quantitative estimate of drug-likeness (QED) is 0.627. The van der Waals surface area contributed by atoms with Crippen molar-refractivity contribution in [2.75, 3.05) is 25.6 Å². The van der Waals surface area contributed by atoms with Crippen LogP contribution < -0.4 is 10.6 Å². The Labute approximate surface area is 140 Å². The molecule has 0 amide bonds. The average Bonchev–Trinajstić information content (AvgIpc) is 2.77. The van der Waals surface area contributed by atoms with E-state index in [0.717, 1.165) is 22.6 Å². The minimum Gasteiger partial charge on any atom is -0.383 e. The molecule has 0 aliphatic carbocycles. The van der Waals surface area contributed by atoms with E-state index in [-0.39, 0.29) is 5.82 Å². The van der Waals surface area contributed by atoms with Crippen molar-refractivity contribution >= 4 is 23.0 Å². The van der Waals surface area contributed by atoms with Crippen molar-refractivity contribution in [3.8, 4) is 0 Å². The second-order valence-electron chi connectivity index (χ2n) is 5.20. The molecule has 0 aliphatic rings. The van der Waals surface area contributed by atoms with E-state index in [1.807, 2.05) is 18.5 Å². The molecule has 0 aliphatic heterocycles. The van der Waals surface area contributed by atoms with Crippen LogP contribution in [0.1, 0.15) is 17.0 Å². The van der Waals surface area contributed by atoms with Crippen LogP contribution >= 0.6 is 12.2 Å². The first-order valence-corrected chi connectivity index (χ1v) is 7.74. The highest BCUT2D eigenvalue weighted by atomic mass is 32.1. The molecule has 0 spiro atoms. The maximum absolute atomic E-state index is 13.0. The smallest absolute Gasteiger partial charge is 0.170 e. The highest BCUT2D eigenvalue weighted by Crippen LogP contribution is 2.20. The van der Waals surface area contributed by atoms with Gasteiger partial charge in [0.25, 0.3) is 0 Å². The molecular formula is C16H21FN4OS. The van der Waals surface area contributed by atoms with Crippen LogP contribution in [0.5, 0.6) is 0 Å². The molecule has 0 fully saturated rings. The van der Waals surface area contributed by atoms with Gasteiger partial charge in [0.2, 0.25) is 0 Å². The zero-order valence-corrected chi connectivity index (χ0v) is 14.3. The lowest BCUT2D eigenvalue weighted by Gasteiger charge is -2.11. The molecule has 0 radical (unpaired) electrons. The lowest BCUT2D eigenvalue weighted by atomic mass is 10.2. The van der Waals surface area contributed by atoms with Gasteiger partial charge in [-0.3, -0.25) is 4.68 Å². The van der Waals surface area contributed by atoms with Crippen LogP contribution in [0.25, 0.3) is 0 Å². The SMILES string of the molecule is COCCNC(=S)Nc1c(C)nn(Cc2ccc(F)cc2)c1C. The molecule has 124 valence electrons. The Morgan fingerprint density at radius 3 is 2.65 bits per heavy atom. The van der Waals surface area contributed by atoms with Crippen molar-refractivity contribution in [1.82, 2.24) is 15.1 Å². The van der Waals surface area contributed by atoms with E-state index in [0.29, 0.717) is 24.8 Å². The van der Waals surface area contributed by atoms with Gasteiger partial charge in [-0.15, -0.1) is 0 Å². The van der Waals surface area contributed by atoms with Crippen LogP contribution in [0.3, 0.4) is 0 Å². The average molecular weight is 336 g/mol. The number of nitrogens with zero attached hydrogens (tertiary/aromatic N) is 2. The molecule has 1 aromatic heterocycles. The lowest BCUT2D eigenvalue weighted by molar-refractivity contribution is 0.204. The molecule has 0 atom stereocenters. The molecule has 1 aromatic carbocycles. The molecular weight excluding hydrogens is 315 g/mol. The van der Waals surface area contributed by atoms with Gasteiger partial charge in [0.05, 0.1) is 30.2 Å². The Balaban J connectivity index is 2.06. The number of nitrogens with one attached hydrogen (secondary N) is 2. The number of anilines is 1. The largest absolute Gasteiger partial charge is 0.383 e. The number of rotatable bonds is 6. The third-order valence-corrected chi connectivity index (χ3v) is 3.70. The number of methoxy groups -OCH3 is 1. The molecule has 23 heavy (non-hydrogen) atoms. The van der Waals surface area contributed by atoms with Crippen LogP contribution in [-0.4, -0.2) is 35.2 Å². The number of hydrogen-bond donors (Lipinski definition) is 2. The number of halogens is 1. The van der Waals surface area contributed by atoms with Crippen molar-refractivity contribution in [2.45, 2.75) is 20.4 Å². The van der Waals surface area contributed by atoms with Gasteiger partial charge in [-0.25, -0.2) is 4.39 Å². The predicted octanol–water partition coefficient (Wildman–Crippen LogP) is 2.62. The minimum absolute atomic E-state index is 0.239. The Morgan fingerprint density at radius 2 is 2.00 bits per heavy atom. The molecule has 5 nitrogen and oxygen atoms in total. The van der Waals surface area contributed by atoms with Crippen LogP contribution in [0, 0.1) is 19.7 Å². The van der Waals surface area contributed by atoms with Gasteiger partial charge in [-0.1, -0.05) is 12.1 Å². The summed E-state index contributed by atoms with van der Waals surface area (Å²) < 4.78 is 19.8. The maximum Gasteiger partial charge on any atom is 0.170 e. The summed E-state index contributed by atoms with van der Waals surface area (Å²) in [4.78, 5) is 0. The van der Waals surface area contributed by atoms with Gasteiger partial charge in [0.15, 0.2) is 5.11 Å². The summed E-state index contributed by atoms with van der Waals surface area (Å²) in [7, 11) is 1.64. The van der Waals surface area contributed by atoms with Gasteiger partial charge in [0, 0.05) is 13.7 Å². The molecule has 0 saturated heterocycles. The maximum atomic E-state index is 13.0. The number of benzene rings is 1. The number of aromatic nitrogens is 2. The van der Waals surface area contributed by atoms with Crippen LogP contribution in [0.2, 0.25) is 0 Å². The summed E-state index contributed by atoms with van der Waals surface area (Å²) >= 11 is 5.27. The highest BCUT2D eigenvalue weighted by molar-refractivity contribution is 7.80. The van der Waals surface area contributed by atoms with E-state index in [1.165, 1.54) is 12.1 Å². The predicted molar refractivity (Wildman–Crippen MR) is 93.3 cm³/mol. The molecule has 2 N–H and O–H groups in total. The van der Waals surface area contributed by atoms with Crippen molar-refractivity contribution in [1.29, 1.82) is 0 Å². The van der Waals surface area contributed by atoms with Gasteiger partial charge in [-0.05, 0) is 43.8 Å². The minimum atomic E-state index is -0.239. The normalized spacial score (nSPS) is 10.6. The van der Waals surface area contributed by atoms with Crippen molar-refractivity contribution < 1.29 is 9.13 Å². The first kappa shape index (κ1) is 17.4. The van der Waals surface area contributed by atoms with Gasteiger partial charge in [-0.2, -0.15) is 5.10 Å². The molecule has 0 unspecified atom stereocenters. The van der Waals surface area contributed by atoms with E-state index >= 15 is 0 Å². The third-order valence-electron chi connectivity index (χ3n) is 3.46. The van der Waals surface area contributed by atoms with E-state index in [4.69, 9.17) is 17.0 Å². The second kappa shape index (κ2) is 8.03. The molecule has 2 aromatic rings. The highest BCUT2D eigenvalue weighted by Gasteiger charge is 2.13. The summed E-state index contributed by atoms with van der Waals surface area (Å²) in [5.41, 5.74) is 3.72. The zero-order chi connectivity index (χ0) is 16.8. The van der Waals surface area contributed by atoms with Crippen LogP contribution in [-0.2, 0) is 11.3 Å². The van der Waals surface area contributed by atoms with Gasteiger partial charge in [0.1, 0.15) is 5.82 Å². The van der Waals surface area contributed by atoms with E-state index in [1.54, 1.807) is 19.2 Å². The number of ether oxygens (including phenoxy) is 1. The summed E-state index contributed by atoms with van der Waals surface area (Å²) in [5, 5.41) is 11.3. The van der Waals surface area contributed by atoms with Crippen LogP contribution in [0.4, 0.5) is 10.1 Å². The third kappa shape index (κ3) is 4.74. The lowest BCUT2D eigenvalue weighted by Crippen LogP contribution is -2.31. The van der Waals surface area contributed by atoms with E-state index in [9.17, 15) is 4.39 Å². The van der Waals surface area contributed by atoms with E-state index in [2.05, 4.69) is 15.7 Å². The number of thiocarbonyl (C=S) groups is 1. The van der Waals surface area contributed by atoms with Crippen molar-refractivity contribution in [2.24, 2.45) is 0 Å². The Hall–Kier alpha value is -1.99. The first-order valence-electron chi connectivity index (χ1n) is 7.33. The fourth-order valence-electron chi connectivity index (χ4n) is 2.22. The van der Waals surface area contributed by atoms with Crippen molar-refractivity contribution in [3.05, 3.63) is 47.0 Å². The monoisotopic (exact) mass is 336 g/mol. The molecule has 1 heterocycles. The summed E-state index contributed by atoms with van der Waals surface area (Å²) in [6.07, 6.45) is 0. The number of hydrogen-bond acceptors (Lipinski definition) is 3. The summed E-state index contributed by atoms with van der Waals surface area (Å²) in [5.74, 6) is -0.239. The second-order valence-corrected chi connectivity index (χ2v) is 5.61. The molecule has 0 saturated carbocycles. The summed E-state index contributed by atoms with van der Waals surface area (Å²) in [6, 6.07) is 6.43. The van der Waals surface area contributed by atoms with Crippen molar-refractivity contribution in [3.63, 3.8) is 0 Å². The fourth-order valence-corrected chi connectivity index (χ4v) is 2.42. The fraction of sp³-hybridized carbons (Fsp3) is 0.375. The number of aryl methyl sites for hydroxylation is 1. The summed E-state index contributed by atoms with van der Waals surface area (Å²) in [6.45, 7) is 5.71. The Morgan fingerprint density at radius 1 is 1.30 bits per heavy atom. The van der Waals surface area contributed by atoms with E-state index < -0.39 is 0 Å². The molecule has 2 rings (SSSR count).